The molecule has 0 bridgehead atoms. The molecule has 200 valence electrons. The van der Waals surface area contributed by atoms with E-state index in [4.69, 9.17) is 15.2 Å². The molecule has 0 atom stereocenters. The van der Waals surface area contributed by atoms with Crippen molar-refractivity contribution in [2.45, 2.75) is 19.3 Å². The normalized spacial score (nSPS) is 13.2. The quantitative estimate of drug-likeness (QED) is 0.303. The highest BCUT2D eigenvalue weighted by Gasteiger charge is 2.19. The molecular weight excluding hydrogens is 500 g/mol. The number of methoxy groups -OCH3 is 2. The van der Waals surface area contributed by atoms with Crippen LogP contribution in [0.3, 0.4) is 0 Å². The van der Waals surface area contributed by atoms with Gasteiger partial charge in [0, 0.05) is 42.2 Å². The first-order chi connectivity index (χ1) is 18.9. The molecule has 1 saturated heterocycles. The van der Waals surface area contributed by atoms with Crippen LogP contribution in [0, 0.1) is 0 Å². The molecule has 0 unspecified atom stereocenters. The standard InChI is InChI=1S/C28H28N6O5/c1-38-26-21(14-31-28(33-26)39-2)16-6-7-20-23(12-16)30-15-22(25(29)35)24(20)32-18-10-17(27(36)37)11-19(13-18)34-8-4-3-5-9-34/h6-7,10-15H,3-5,8-9H2,1-2H3,(H2,29,35)(H,30,32)(H,36,37). The maximum absolute atomic E-state index is 12.4. The molecule has 1 aliphatic rings. The van der Waals surface area contributed by atoms with Gasteiger partial charge in [-0.2, -0.15) is 4.98 Å². The van der Waals surface area contributed by atoms with E-state index in [0.29, 0.717) is 33.7 Å². The second-order valence-electron chi connectivity index (χ2n) is 9.17. The molecule has 11 heteroatoms. The number of nitrogens with zero attached hydrogens (tertiary/aromatic N) is 4. The van der Waals surface area contributed by atoms with E-state index >= 15 is 0 Å². The summed E-state index contributed by atoms with van der Waals surface area (Å²) in [5.41, 5.74) is 9.76. The van der Waals surface area contributed by atoms with Gasteiger partial charge in [0.15, 0.2) is 0 Å². The number of carbonyl (C=O) groups excluding carboxylic acids is 1. The third-order valence-electron chi connectivity index (χ3n) is 6.71. The van der Waals surface area contributed by atoms with Crippen LogP contribution in [0.4, 0.5) is 17.1 Å². The number of ether oxygens (including phenoxy) is 2. The van der Waals surface area contributed by atoms with Crippen molar-refractivity contribution >= 4 is 39.8 Å². The highest BCUT2D eigenvalue weighted by atomic mass is 16.5. The molecule has 4 N–H and O–H groups in total. The van der Waals surface area contributed by atoms with Gasteiger partial charge in [0.05, 0.1) is 42.1 Å². The van der Waals surface area contributed by atoms with Gasteiger partial charge < -0.3 is 30.5 Å². The molecule has 2 aromatic carbocycles. The van der Waals surface area contributed by atoms with Gasteiger partial charge in [-0.05, 0) is 49.1 Å². The van der Waals surface area contributed by atoms with Crippen molar-refractivity contribution in [3.8, 4) is 23.0 Å². The number of carboxylic acid groups (broad SMARTS) is 1. The topological polar surface area (TPSA) is 153 Å². The van der Waals surface area contributed by atoms with Gasteiger partial charge in [0.25, 0.3) is 5.91 Å². The highest BCUT2D eigenvalue weighted by molar-refractivity contribution is 6.08. The third-order valence-corrected chi connectivity index (χ3v) is 6.71. The van der Waals surface area contributed by atoms with Gasteiger partial charge in [-0.1, -0.05) is 12.1 Å². The number of hydrogen-bond donors (Lipinski definition) is 3. The molecule has 3 heterocycles. The average molecular weight is 529 g/mol. The number of carboxylic acids is 1. The summed E-state index contributed by atoms with van der Waals surface area (Å²) >= 11 is 0. The van der Waals surface area contributed by atoms with Crippen LogP contribution in [0.2, 0.25) is 0 Å². The van der Waals surface area contributed by atoms with Crippen LogP contribution >= 0.6 is 0 Å². The number of nitrogens with one attached hydrogen (secondary N) is 1. The molecule has 0 radical (unpaired) electrons. The minimum Gasteiger partial charge on any atom is -0.480 e. The van der Waals surface area contributed by atoms with E-state index in [0.717, 1.165) is 43.6 Å². The molecule has 11 nitrogen and oxygen atoms in total. The van der Waals surface area contributed by atoms with Gasteiger partial charge in [0.1, 0.15) is 0 Å². The van der Waals surface area contributed by atoms with Crippen LogP contribution in [0.1, 0.15) is 40.0 Å². The predicted molar refractivity (Wildman–Crippen MR) is 147 cm³/mol. The van der Waals surface area contributed by atoms with E-state index in [-0.39, 0.29) is 17.1 Å². The summed E-state index contributed by atoms with van der Waals surface area (Å²) in [6.07, 6.45) is 6.26. The number of fused-ring (bicyclic) bond motifs is 1. The van der Waals surface area contributed by atoms with Gasteiger partial charge in [-0.15, -0.1) is 0 Å². The Kier molecular flexibility index (Phi) is 7.13. The maximum Gasteiger partial charge on any atom is 0.335 e. The van der Waals surface area contributed by atoms with Gasteiger partial charge in [-0.25, -0.2) is 9.78 Å². The van der Waals surface area contributed by atoms with Gasteiger partial charge in [0.2, 0.25) is 5.88 Å². The van der Waals surface area contributed by atoms with E-state index in [1.807, 2.05) is 24.3 Å². The lowest BCUT2D eigenvalue weighted by Crippen LogP contribution is -2.29. The molecular formula is C28H28N6O5. The number of nitrogens with two attached hydrogens (primary N) is 1. The smallest absolute Gasteiger partial charge is 0.335 e. The Morgan fingerprint density at radius 1 is 1.00 bits per heavy atom. The molecule has 4 aromatic rings. The number of anilines is 3. The molecule has 1 aliphatic heterocycles. The second-order valence-corrected chi connectivity index (χ2v) is 9.17. The molecule has 0 spiro atoms. The largest absolute Gasteiger partial charge is 0.480 e. The molecule has 0 aliphatic carbocycles. The number of benzene rings is 2. The monoisotopic (exact) mass is 528 g/mol. The van der Waals surface area contributed by atoms with Crippen LogP contribution in [-0.2, 0) is 0 Å². The van der Waals surface area contributed by atoms with E-state index < -0.39 is 11.9 Å². The average Bonchev–Trinajstić information content (AvgIpc) is 2.96. The van der Waals surface area contributed by atoms with E-state index in [1.54, 1.807) is 18.3 Å². The van der Waals surface area contributed by atoms with Crippen molar-refractivity contribution < 1.29 is 24.2 Å². The minimum atomic E-state index is -1.04. The molecule has 2 aromatic heterocycles. The lowest BCUT2D eigenvalue weighted by atomic mass is 10.0. The van der Waals surface area contributed by atoms with E-state index in [9.17, 15) is 14.7 Å². The number of pyridine rings is 1. The summed E-state index contributed by atoms with van der Waals surface area (Å²) in [7, 11) is 2.98. The minimum absolute atomic E-state index is 0.147. The fraction of sp³-hybridized carbons (Fsp3) is 0.250. The molecule has 0 saturated carbocycles. The number of carbonyl (C=O) groups is 2. The molecule has 1 amide bonds. The van der Waals surface area contributed by atoms with Crippen molar-refractivity contribution in [2.75, 3.05) is 37.5 Å². The number of aromatic nitrogens is 3. The first kappa shape index (κ1) is 25.7. The summed E-state index contributed by atoms with van der Waals surface area (Å²) in [6, 6.07) is 10.8. The zero-order valence-corrected chi connectivity index (χ0v) is 21.6. The van der Waals surface area contributed by atoms with Crippen molar-refractivity contribution in [1.82, 2.24) is 15.0 Å². The van der Waals surface area contributed by atoms with Crippen LogP contribution < -0.4 is 25.4 Å². The SMILES string of the molecule is COc1ncc(-c2ccc3c(Nc4cc(C(=O)O)cc(N5CCCCC5)c4)c(C(N)=O)cnc3c2)c(OC)n1. The zero-order valence-electron chi connectivity index (χ0n) is 21.6. The molecule has 5 rings (SSSR count). The first-order valence-corrected chi connectivity index (χ1v) is 12.5. The first-order valence-electron chi connectivity index (χ1n) is 12.5. The van der Waals surface area contributed by atoms with Crippen LogP contribution in [0.25, 0.3) is 22.0 Å². The van der Waals surface area contributed by atoms with Crippen molar-refractivity contribution in [3.05, 3.63) is 59.9 Å². The Morgan fingerprint density at radius 2 is 1.79 bits per heavy atom. The fourth-order valence-electron chi connectivity index (χ4n) is 4.77. The Labute approximate surface area is 224 Å². The number of rotatable bonds is 8. The Bertz CT molecular complexity index is 1570. The summed E-state index contributed by atoms with van der Waals surface area (Å²) in [6.45, 7) is 1.71. The number of piperidine rings is 1. The summed E-state index contributed by atoms with van der Waals surface area (Å²) in [4.78, 5) is 39.4. The second kappa shape index (κ2) is 10.8. The predicted octanol–water partition coefficient (Wildman–Crippen LogP) is 4.24. The highest BCUT2D eigenvalue weighted by Crippen LogP contribution is 2.36. The number of hydrogen-bond acceptors (Lipinski definition) is 9. The fourth-order valence-corrected chi connectivity index (χ4v) is 4.77. The Hall–Kier alpha value is -4.93. The van der Waals surface area contributed by atoms with Crippen molar-refractivity contribution in [3.63, 3.8) is 0 Å². The van der Waals surface area contributed by atoms with Gasteiger partial charge >= 0.3 is 12.0 Å². The van der Waals surface area contributed by atoms with Gasteiger partial charge in [-0.3, -0.25) is 9.78 Å². The van der Waals surface area contributed by atoms with Crippen molar-refractivity contribution in [1.29, 1.82) is 0 Å². The van der Waals surface area contributed by atoms with Crippen LogP contribution in [0.15, 0.2) is 48.8 Å². The third kappa shape index (κ3) is 5.24. The summed E-state index contributed by atoms with van der Waals surface area (Å²) in [5.74, 6) is -1.36. The number of aromatic carboxylic acids is 1. The van der Waals surface area contributed by atoms with Crippen molar-refractivity contribution in [2.24, 2.45) is 5.73 Å². The molecule has 39 heavy (non-hydrogen) atoms. The lowest BCUT2D eigenvalue weighted by Gasteiger charge is -2.29. The Balaban J connectivity index is 1.60. The number of primary amides is 1. The summed E-state index contributed by atoms with van der Waals surface area (Å²) < 4.78 is 10.5. The number of amides is 1. The van der Waals surface area contributed by atoms with E-state index in [1.165, 1.54) is 20.4 Å². The summed E-state index contributed by atoms with van der Waals surface area (Å²) in [5, 5.41) is 13.7. The maximum atomic E-state index is 12.4. The zero-order chi connectivity index (χ0) is 27.5. The van der Waals surface area contributed by atoms with E-state index in [2.05, 4.69) is 25.2 Å². The van der Waals surface area contributed by atoms with Crippen LogP contribution in [-0.4, -0.2) is 59.2 Å². The van der Waals surface area contributed by atoms with Crippen LogP contribution in [0.5, 0.6) is 11.9 Å². The lowest BCUT2D eigenvalue weighted by molar-refractivity contribution is 0.0696. The Morgan fingerprint density at radius 3 is 2.49 bits per heavy atom. The molecule has 1 fully saturated rings.